The lowest BCUT2D eigenvalue weighted by molar-refractivity contribution is -0.124. The normalized spacial score (nSPS) is 24.1. The molecule has 2 unspecified atom stereocenters. The van der Waals surface area contributed by atoms with Crippen LogP contribution in [0.15, 0.2) is 24.3 Å². The molecule has 2 atom stereocenters. The first kappa shape index (κ1) is 12.5. The number of rotatable bonds is 2. The maximum absolute atomic E-state index is 12.7. The van der Waals surface area contributed by atoms with Crippen LogP contribution < -0.4 is 15.0 Å². The van der Waals surface area contributed by atoms with Gasteiger partial charge in [0.05, 0.1) is 12.2 Å². The lowest BCUT2D eigenvalue weighted by Crippen LogP contribution is -2.52. The Morgan fingerprint density at radius 3 is 2.84 bits per heavy atom. The van der Waals surface area contributed by atoms with Gasteiger partial charge in [-0.2, -0.15) is 0 Å². The van der Waals surface area contributed by atoms with Gasteiger partial charge in [-0.3, -0.25) is 4.79 Å². The summed E-state index contributed by atoms with van der Waals surface area (Å²) in [5, 5.41) is 3.23. The van der Waals surface area contributed by atoms with Gasteiger partial charge in [0, 0.05) is 5.92 Å². The highest BCUT2D eigenvalue weighted by atomic mass is 16.5. The Hall–Kier alpha value is -1.55. The Kier molecular flexibility index (Phi) is 3.19. The lowest BCUT2D eigenvalue weighted by atomic mass is 9.87. The summed E-state index contributed by atoms with van der Waals surface area (Å²) < 4.78 is 5.79. The van der Waals surface area contributed by atoms with Crippen molar-refractivity contribution in [3.63, 3.8) is 0 Å². The van der Waals surface area contributed by atoms with Crippen LogP contribution in [-0.2, 0) is 4.79 Å². The maximum atomic E-state index is 12.7. The van der Waals surface area contributed by atoms with E-state index in [0.29, 0.717) is 12.5 Å². The molecule has 1 aromatic carbocycles. The summed E-state index contributed by atoms with van der Waals surface area (Å²) in [4.78, 5) is 14.6. The van der Waals surface area contributed by atoms with Crippen molar-refractivity contribution in [1.82, 2.24) is 5.32 Å². The second-order valence-electron chi connectivity index (χ2n) is 5.55. The molecule has 1 aromatic rings. The van der Waals surface area contributed by atoms with Gasteiger partial charge in [-0.1, -0.05) is 19.1 Å². The fraction of sp³-hybridized carbons (Fsp3) is 0.533. The van der Waals surface area contributed by atoms with Crippen LogP contribution in [-0.4, -0.2) is 31.6 Å². The number of nitrogens with zero attached hydrogens (tertiary/aromatic N) is 1. The Bertz CT molecular complexity index is 485. The maximum Gasteiger partial charge on any atom is 0.230 e. The molecule has 0 aliphatic carbocycles. The predicted molar refractivity (Wildman–Crippen MR) is 74.4 cm³/mol. The molecule has 0 bridgehead atoms. The number of para-hydroxylation sites is 2. The number of benzene rings is 1. The van der Waals surface area contributed by atoms with Crippen molar-refractivity contribution in [2.75, 3.05) is 24.5 Å². The summed E-state index contributed by atoms with van der Waals surface area (Å²) in [6, 6.07) is 7.79. The molecule has 0 saturated carbocycles. The SMILES string of the molecule is CC1CN(C(=O)C(C)C2CNC2)c2ccccc2O1. The number of ether oxygens (including phenoxy) is 1. The first-order valence-corrected chi connectivity index (χ1v) is 6.94. The van der Waals surface area contributed by atoms with E-state index in [1.807, 2.05) is 43.0 Å². The highest BCUT2D eigenvalue weighted by Crippen LogP contribution is 2.34. The second kappa shape index (κ2) is 4.85. The largest absolute Gasteiger partial charge is 0.487 e. The average molecular weight is 260 g/mol. The topological polar surface area (TPSA) is 41.6 Å². The molecule has 3 rings (SSSR count). The Balaban J connectivity index is 1.85. The van der Waals surface area contributed by atoms with E-state index in [1.165, 1.54) is 0 Å². The number of amides is 1. The molecule has 1 N–H and O–H groups in total. The molecule has 1 amide bonds. The van der Waals surface area contributed by atoms with Gasteiger partial charge >= 0.3 is 0 Å². The van der Waals surface area contributed by atoms with Crippen molar-refractivity contribution in [2.24, 2.45) is 11.8 Å². The monoisotopic (exact) mass is 260 g/mol. The van der Waals surface area contributed by atoms with Gasteiger partial charge in [0.25, 0.3) is 0 Å². The summed E-state index contributed by atoms with van der Waals surface area (Å²) in [5.41, 5.74) is 0.907. The van der Waals surface area contributed by atoms with E-state index in [0.717, 1.165) is 24.5 Å². The summed E-state index contributed by atoms with van der Waals surface area (Å²) in [6.45, 7) is 6.59. The van der Waals surface area contributed by atoms with E-state index in [9.17, 15) is 4.79 Å². The molecule has 1 fully saturated rings. The number of fused-ring (bicyclic) bond motifs is 1. The molecule has 2 aliphatic rings. The zero-order valence-corrected chi connectivity index (χ0v) is 11.4. The van der Waals surface area contributed by atoms with Crippen molar-refractivity contribution < 1.29 is 9.53 Å². The molecule has 2 aliphatic heterocycles. The van der Waals surface area contributed by atoms with Crippen molar-refractivity contribution in [3.8, 4) is 5.75 Å². The fourth-order valence-corrected chi connectivity index (χ4v) is 2.71. The van der Waals surface area contributed by atoms with E-state index in [4.69, 9.17) is 4.74 Å². The Labute approximate surface area is 113 Å². The van der Waals surface area contributed by atoms with Gasteiger partial charge in [-0.25, -0.2) is 0 Å². The zero-order valence-electron chi connectivity index (χ0n) is 11.4. The van der Waals surface area contributed by atoms with Gasteiger partial charge in [0.1, 0.15) is 11.9 Å². The van der Waals surface area contributed by atoms with Crippen LogP contribution in [0, 0.1) is 11.8 Å². The predicted octanol–water partition coefficient (Wildman–Crippen LogP) is 1.66. The molecule has 4 nitrogen and oxygen atoms in total. The van der Waals surface area contributed by atoms with Crippen LogP contribution >= 0.6 is 0 Å². The standard InChI is InChI=1S/C15H20N2O2/c1-10-9-17(13-5-3-4-6-14(13)19-10)15(18)11(2)12-7-16-8-12/h3-6,10-12,16H,7-9H2,1-2H3. The number of carbonyl (C=O) groups excluding carboxylic acids is 1. The first-order valence-electron chi connectivity index (χ1n) is 6.94. The third-order valence-corrected chi connectivity index (χ3v) is 4.10. The molecule has 4 heteroatoms. The van der Waals surface area contributed by atoms with Gasteiger partial charge in [0.2, 0.25) is 5.91 Å². The fourth-order valence-electron chi connectivity index (χ4n) is 2.71. The quantitative estimate of drug-likeness (QED) is 0.879. The van der Waals surface area contributed by atoms with E-state index in [2.05, 4.69) is 5.32 Å². The van der Waals surface area contributed by atoms with Gasteiger partial charge in [0.15, 0.2) is 0 Å². The van der Waals surface area contributed by atoms with E-state index >= 15 is 0 Å². The molecule has 0 aromatic heterocycles. The molecule has 1 saturated heterocycles. The van der Waals surface area contributed by atoms with E-state index < -0.39 is 0 Å². The highest BCUT2D eigenvalue weighted by Gasteiger charge is 2.35. The smallest absolute Gasteiger partial charge is 0.230 e. The number of nitrogens with one attached hydrogen (secondary N) is 1. The molecule has 19 heavy (non-hydrogen) atoms. The van der Waals surface area contributed by atoms with Crippen molar-refractivity contribution >= 4 is 11.6 Å². The van der Waals surface area contributed by atoms with Gasteiger partial charge < -0.3 is 15.0 Å². The van der Waals surface area contributed by atoms with Crippen molar-refractivity contribution in [1.29, 1.82) is 0 Å². The van der Waals surface area contributed by atoms with Crippen molar-refractivity contribution in [3.05, 3.63) is 24.3 Å². The van der Waals surface area contributed by atoms with E-state index in [1.54, 1.807) is 0 Å². The van der Waals surface area contributed by atoms with Crippen LogP contribution in [0.5, 0.6) is 5.75 Å². The summed E-state index contributed by atoms with van der Waals surface area (Å²) >= 11 is 0. The van der Waals surface area contributed by atoms with Crippen LogP contribution in [0.25, 0.3) is 0 Å². The van der Waals surface area contributed by atoms with Crippen molar-refractivity contribution in [2.45, 2.75) is 20.0 Å². The van der Waals surface area contributed by atoms with Gasteiger partial charge in [-0.15, -0.1) is 0 Å². The molecule has 2 heterocycles. The third kappa shape index (κ3) is 2.21. The van der Waals surface area contributed by atoms with Crippen LogP contribution in [0.4, 0.5) is 5.69 Å². The molecular formula is C15H20N2O2. The highest BCUT2D eigenvalue weighted by molar-refractivity contribution is 5.97. The van der Waals surface area contributed by atoms with Crippen LogP contribution in [0.3, 0.4) is 0 Å². The zero-order chi connectivity index (χ0) is 13.4. The van der Waals surface area contributed by atoms with Crippen LogP contribution in [0.2, 0.25) is 0 Å². The summed E-state index contributed by atoms with van der Waals surface area (Å²) in [5.74, 6) is 1.57. The Morgan fingerprint density at radius 1 is 1.42 bits per heavy atom. The van der Waals surface area contributed by atoms with E-state index in [-0.39, 0.29) is 17.9 Å². The average Bonchev–Trinajstić information content (AvgIpc) is 2.34. The number of anilines is 1. The molecule has 0 spiro atoms. The second-order valence-corrected chi connectivity index (χ2v) is 5.55. The molecular weight excluding hydrogens is 240 g/mol. The molecule has 102 valence electrons. The number of carbonyl (C=O) groups is 1. The minimum Gasteiger partial charge on any atom is -0.487 e. The summed E-state index contributed by atoms with van der Waals surface area (Å²) in [6.07, 6.45) is 0.0468. The lowest BCUT2D eigenvalue weighted by Gasteiger charge is -2.38. The third-order valence-electron chi connectivity index (χ3n) is 4.10. The summed E-state index contributed by atoms with van der Waals surface area (Å²) in [7, 11) is 0. The van der Waals surface area contributed by atoms with Crippen LogP contribution in [0.1, 0.15) is 13.8 Å². The number of hydrogen-bond acceptors (Lipinski definition) is 3. The number of hydrogen-bond donors (Lipinski definition) is 1. The minimum atomic E-state index is 0.0468. The Morgan fingerprint density at radius 2 is 2.16 bits per heavy atom. The molecule has 0 radical (unpaired) electrons. The minimum absolute atomic E-state index is 0.0468. The van der Waals surface area contributed by atoms with Gasteiger partial charge in [-0.05, 0) is 38.1 Å². The first-order chi connectivity index (χ1) is 9.16.